The minimum Gasteiger partial charge on any atom is -0.396 e. The molecule has 2 rings (SSSR count). The molecule has 88 valence electrons. The zero-order valence-corrected chi connectivity index (χ0v) is 10.6. The molecule has 0 amide bonds. The summed E-state index contributed by atoms with van der Waals surface area (Å²) in [5, 5.41) is 9.24. The van der Waals surface area contributed by atoms with Gasteiger partial charge in [0.1, 0.15) is 0 Å². The summed E-state index contributed by atoms with van der Waals surface area (Å²) in [6.07, 6.45) is 8.24. The Balaban J connectivity index is 1.94. The van der Waals surface area contributed by atoms with Crippen molar-refractivity contribution in [1.29, 1.82) is 0 Å². The van der Waals surface area contributed by atoms with E-state index in [0.29, 0.717) is 23.4 Å². The second-order valence-corrected chi connectivity index (χ2v) is 6.94. The molecule has 0 heterocycles. The number of hydrogen-bond donors (Lipinski definition) is 1. The van der Waals surface area contributed by atoms with Gasteiger partial charge >= 0.3 is 0 Å². The van der Waals surface area contributed by atoms with Crippen LogP contribution in [0.15, 0.2) is 0 Å². The van der Waals surface area contributed by atoms with Crippen molar-refractivity contribution in [2.45, 2.75) is 59.3 Å². The van der Waals surface area contributed by atoms with Crippen molar-refractivity contribution in [2.75, 3.05) is 6.61 Å². The Labute approximate surface area is 94.3 Å². The summed E-state index contributed by atoms with van der Waals surface area (Å²) >= 11 is 0. The SMILES string of the molecule is CC(C)(C)C1CCCC2(CC1)CC2CO. The van der Waals surface area contributed by atoms with Crippen LogP contribution in [0.4, 0.5) is 0 Å². The van der Waals surface area contributed by atoms with Crippen LogP contribution in [0.3, 0.4) is 0 Å². The number of rotatable bonds is 1. The van der Waals surface area contributed by atoms with Gasteiger partial charge in [0.25, 0.3) is 0 Å². The molecule has 0 radical (unpaired) electrons. The Bertz CT molecular complexity index is 228. The lowest BCUT2D eigenvalue weighted by Crippen LogP contribution is -2.19. The Morgan fingerprint density at radius 3 is 2.47 bits per heavy atom. The summed E-state index contributed by atoms with van der Waals surface area (Å²) in [5.74, 6) is 1.55. The van der Waals surface area contributed by atoms with Gasteiger partial charge < -0.3 is 5.11 Å². The largest absolute Gasteiger partial charge is 0.396 e. The Hall–Kier alpha value is -0.0400. The predicted octanol–water partition coefficient (Wildman–Crippen LogP) is 3.61. The molecule has 0 aromatic heterocycles. The molecular weight excluding hydrogens is 184 g/mol. The van der Waals surface area contributed by atoms with Gasteiger partial charge in [0.05, 0.1) is 0 Å². The zero-order chi connectivity index (χ0) is 11.1. The molecule has 0 aromatic carbocycles. The molecule has 0 saturated heterocycles. The lowest BCUT2D eigenvalue weighted by molar-refractivity contribution is 0.206. The maximum atomic E-state index is 9.24. The summed E-state index contributed by atoms with van der Waals surface area (Å²) in [5.41, 5.74) is 1.06. The van der Waals surface area contributed by atoms with Crippen molar-refractivity contribution in [1.82, 2.24) is 0 Å². The maximum Gasteiger partial charge on any atom is 0.0464 e. The average Bonchev–Trinajstić information content (AvgIpc) is 2.88. The lowest BCUT2D eigenvalue weighted by Gasteiger charge is -2.29. The number of aliphatic hydroxyl groups excluding tert-OH is 1. The van der Waals surface area contributed by atoms with Crippen molar-refractivity contribution >= 4 is 0 Å². The fourth-order valence-corrected chi connectivity index (χ4v) is 3.60. The fourth-order valence-electron chi connectivity index (χ4n) is 3.60. The molecule has 1 spiro atoms. The van der Waals surface area contributed by atoms with E-state index in [4.69, 9.17) is 0 Å². The van der Waals surface area contributed by atoms with Gasteiger partial charge in [0, 0.05) is 6.61 Å². The molecule has 0 aliphatic heterocycles. The van der Waals surface area contributed by atoms with Crippen molar-refractivity contribution < 1.29 is 5.11 Å². The highest BCUT2D eigenvalue weighted by Gasteiger charge is 2.53. The van der Waals surface area contributed by atoms with E-state index in [1.165, 1.54) is 38.5 Å². The summed E-state index contributed by atoms with van der Waals surface area (Å²) in [7, 11) is 0. The maximum absolute atomic E-state index is 9.24. The third-order valence-electron chi connectivity index (χ3n) is 5.02. The van der Waals surface area contributed by atoms with E-state index in [-0.39, 0.29) is 0 Å². The van der Waals surface area contributed by atoms with Crippen LogP contribution in [-0.4, -0.2) is 11.7 Å². The molecule has 1 N–H and O–H groups in total. The minimum absolute atomic E-state index is 0.431. The van der Waals surface area contributed by atoms with Gasteiger partial charge in [-0.3, -0.25) is 0 Å². The molecule has 1 nitrogen and oxygen atoms in total. The van der Waals surface area contributed by atoms with Gasteiger partial charge in [0.2, 0.25) is 0 Å². The molecule has 2 fully saturated rings. The number of hydrogen-bond acceptors (Lipinski definition) is 1. The first kappa shape index (κ1) is 11.4. The van der Waals surface area contributed by atoms with E-state index in [2.05, 4.69) is 20.8 Å². The highest BCUT2D eigenvalue weighted by atomic mass is 16.3. The monoisotopic (exact) mass is 210 g/mol. The van der Waals surface area contributed by atoms with Gasteiger partial charge in [-0.25, -0.2) is 0 Å². The third-order valence-corrected chi connectivity index (χ3v) is 5.02. The molecule has 2 aliphatic rings. The van der Waals surface area contributed by atoms with Crippen LogP contribution >= 0.6 is 0 Å². The normalized spacial score (nSPS) is 41.6. The molecule has 3 atom stereocenters. The van der Waals surface area contributed by atoms with Gasteiger partial charge in [-0.1, -0.05) is 27.2 Å². The van der Waals surface area contributed by atoms with Crippen LogP contribution in [0.2, 0.25) is 0 Å². The third kappa shape index (κ3) is 2.22. The van der Waals surface area contributed by atoms with Gasteiger partial charge in [-0.05, 0) is 54.8 Å². The molecule has 2 aliphatic carbocycles. The van der Waals surface area contributed by atoms with Crippen molar-refractivity contribution in [2.24, 2.45) is 22.7 Å². The molecule has 3 unspecified atom stereocenters. The van der Waals surface area contributed by atoms with E-state index in [1.54, 1.807) is 0 Å². The first-order valence-electron chi connectivity index (χ1n) is 6.59. The highest BCUT2D eigenvalue weighted by molar-refractivity contribution is 5.03. The zero-order valence-electron chi connectivity index (χ0n) is 10.6. The topological polar surface area (TPSA) is 20.2 Å². The molecule has 0 aromatic rings. The average molecular weight is 210 g/mol. The summed E-state index contributed by atoms with van der Waals surface area (Å²) < 4.78 is 0. The molecule has 0 bridgehead atoms. The molecule has 2 saturated carbocycles. The van der Waals surface area contributed by atoms with Crippen molar-refractivity contribution in [3.05, 3.63) is 0 Å². The summed E-state index contributed by atoms with van der Waals surface area (Å²) in [6, 6.07) is 0. The van der Waals surface area contributed by atoms with Gasteiger partial charge in [-0.2, -0.15) is 0 Å². The van der Waals surface area contributed by atoms with Crippen molar-refractivity contribution in [3.63, 3.8) is 0 Å². The minimum atomic E-state index is 0.431. The van der Waals surface area contributed by atoms with Crippen molar-refractivity contribution in [3.8, 4) is 0 Å². The first-order valence-corrected chi connectivity index (χ1v) is 6.59. The van der Waals surface area contributed by atoms with Crippen LogP contribution in [-0.2, 0) is 0 Å². The quantitative estimate of drug-likeness (QED) is 0.701. The smallest absolute Gasteiger partial charge is 0.0464 e. The Kier molecular flexibility index (Phi) is 2.87. The van der Waals surface area contributed by atoms with E-state index in [0.717, 1.165) is 5.92 Å². The fraction of sp³-hybridized carbons (Fsp3) is 1.00. The number of aliphatic hydroxyl groups is 1. The standard InChI is InChI=1S/C14H26O/c1-13(2,3)11-5-4-7-14(8-6-11)9-12(14)10-15/h11-12,15H,4-10H2,1-3H3. The molecule has 15 heavy (non-hydrogen) atoms. The summed E-state index contributed by atoms with van der Waals surface area (Å²) in [4.78, 5) is 0. The van der Waals surface area contributed by atoms with E-state index < -0.39 is 0 Å². The predicted molar refractivity (Wildman–Crippen MR) is 63.7 cm³/mol. The van der Waals surface area contributed by atoms with Gasteiger partial charge in [-0.15, -0.1) is 0 Å². The second-order valence-electron chi connectivity index (χ2n) is 6.94. The van der Waals surface area contributed by atoms with Crippen LogP contribution in [0.25, 0.3) is 0 Å². The lowest BCUT2D eigenvalue weighted by atomic mass is 9.76. The van der Waals surface area contributed by atoms with Gasteiger partial charge in [0.15, 0.2) is 0 Å². The second kappa shape index (κ2) is 3.76. The van der Waals surface area contributed by atoms with Crippen LogP contribution in [0, 0.1) is 22.7 Å². The molecule has 1 heteroatoms. The molecular formula is C14H26O. The first-order chi connectivity index (χ1) is 6.98. The Morgan fingerprint density at radius 1 is 1.20 bits per heavy atom. The van der Waals surface area contributed by atoms with Crippen LogP contribution in [0.1, 0.15) is 59.3 Å². The van der Waals surface area contributed by atoms with E-state index in [9.17, 15) is 5.11 Å². The van der Waals surface area contributed by atoms with E-state index in [1.807, 2.05) is 0 Å². The van der Waals surface area contributed by atoms with E-state index >= 15 is 0 Å². The summed E-state index contributed by atoms with van der Waals surface area (Å²) in [6.45, 7) is 7.57. The van der Waals surface area contributed by atoms with Crippen LogP contribution in [0.5, 0.6) is 0 Å². The van der Waals surface area contributed by atoms with Crippen LogP contribution < -0.4 is 0 Å². The Morgan fingerprint density at radius 2 is 1.93 bits per heavy atom. The highest BCUT2D eigenvalue weighted by Crippen LogP contribution is 2.61.